The summed E-state index contributed by atoms with van der Waals surface area (Å²) in [6.07, 6.45) is 1.59. The fourth-order valence-electron chi connectivity index (χ4n) is 2.72. The van der Waals surface area contributed by atoms with Gasteiger partial charge < -0.3 is 10.1 Å². The number of nitrogens with zero attached hydrogens (tertiary/aromatic N) is 1. The highest BCUT2D eigenvalue weighted by atomic mass is 32.2. The third-order valence-corrected chi connectivity index (χ3v) is 6.61. The summed E-state index contributed by atoms with van der Waals surface area (Å²) in [7, 11) is -3.76. The molecule has 2 aromatic carbocycles. The van der Waals surface area contributed by atoms with Crippen LogP contribution in [0.3, 0.4) is 0 Å². The molecular formula is C22H23N3O5S2. The maximum Gasteiger partial charge on any atom is 0.340 e. The lowest BCUT2D eigenvalue weighted by molar-refractivity contribution is -0.115. The van der Waals surface area contributed by atoms with Gasteiger partial charge >= 0.3 is 5.97 Å². The molecule has 0 aliphatic rings. The van der Waals surface area contributed by atoms with E-state index in [2.05, 4.69) is 15.0 Å². The van der Waals surface area contributed by atoms with Crippen molar-refractivity contribution < 1.29 is 22.7 Å². The van der Waals surface area contributed by atoms with Crippen LogP contribution < -0.4 is 10.0 Å². The van der Waals surface area contributed by atoms with E-state index >= 15 is 0 Å². The first kappa shape index (κ1) is 23.4. The van der Waals surface area contributed by atoms with Crippen LogP contribution in [0.15, 0.2) is 64.9 Å². The molecule has 3 aromatic rings. The first-order chi connectivity index (χ1) is 15.4. The predicted molar refractivity (Wildman–Crippen MR) is 123 cm³/mol. The summed E-state index contributed by atoms with van der Waals surface area (Å²) < 4.78 is 32.4. The second-order valence-electron chi connectivity index (χ2n) is 6.82. The maximum atomic E-state index is 12.5. The lowest BCUT2D eigenvalue weighted by Crippen LogP contribution is -2.18. The molecule has 0 aliphatic heterocycles. The van der Waals surface area contributed by atoms with Gasteiger partial charge in [0.2, 0.25) is 5.91 Å². The molecule has 32 heavy (non-hydrogen) atoms. The van der Waals surface area contributed by atoms with Gasteiger partial charge in [-0.05, 0) is 30.7 Å². The molecule has 2 N–H and O–H groups in total. The van der Waals surface area contributed by atoms with Gasteiger partial charge in [0, 0.05) is 5.38 Å². The van der Waals surface area contributed by atoms with E-state index < -0.39 is 16.0 Å². The number of benzene rings is 2. The van der Waals surface area contributed by atoms with Gasteiger partial charge in [0.15, 0.2) is 5.13 Å². The van der Waals surface area contributed by atoms with Crippen LogP contribution in [0.25, 0.3) is 0 Å². The standard InChI is InChI=1S/C22H23N3O5S2/c1-2-3-13-30-21(27)18-11-7-8-12-19(18)24-20(26)14-16-15-31-22(23-16)25-32(28,29)17-9-5-4-6-10-17/h4-12,15H,2-3,13-14H2,1H3,(H,23,25)(H,24,26). The number of carbonyl (C=O) groups is 2. The van der Waals surface area contributed by atoms with E-state index in [1.165, 1.54) is 12.1 Å². The van der Waals surface area contributed by atoms with Crippen LogP contribution in [-0.4, -0.2) is 31.9 Å². The number of rotatable bonds is 10. The van der Waals surface area contributed by atoms with Crippen molar-refractivity contribution in [1.82, 2.24) is 4.98 Å². The van der Waals surface area contributed by atoms with E-state index in [1.807, 2.05) is 6.92 Å². The summed E-state index contributed by atoms with van der Waals surface area (Å²) in [5.74, 6) is -0.887. The Morgan fingerprint density at radius 2 is 1.78 bits per heavy atom. The number of anilines is 2. The molecule has 3 rings (SSSR count). The Kier molecular flexibility index (Phi) is 7.96. The van der Waals surface area contributed by atoms with Crippen molar-refractivity contribution in [3.63, 3.8) is 0 Å². The Hall–Kier alpha value is -3.24. The van der Waals surface area contributed by atoms with E-state index in [0.717, 1.165) is 24.2 Å². The topological polar surface area (TPSA) is 114 Å². The molecular weight excluding hydrogens is 450 g/mol. The van der Waals surface area contributed by atoms with Crippen molar-refractivity contribution in [2.24, 2.45) is 0 Å². The summed E-state index contributed by atoms with van der Waals surface area (Å²) in [4.78, 5) is 29.1. The zero-order chi connectivity index (χ0) is 23.0. The lowest BCUT2D eigenvalue weighted by atomic mass is 10.1. The van der Waals surface area contributed by atoms with Crippen LogP contribution in [0.1, 0.15) is 35.8 Å². The SMILES string of the molecule is CCCCOC(=O)c1ccccc1NC(=O)Cc1csc(NS(=O)(=O)c2ccccc2)n1. The summed E-state index contributed by atoms with van der Waals surface area (Å²) in [5, 5.41) is 4.47. The van der Waals surface area contributed by atoms with Crippen LogP contribution in [0.4, 0.5) is 10.8 Å². The second kappa shape index (κ2) is 10.9. The molecule has 0 fully saturated rings. The van der Waals surface area contributed by atoms with E-state index in [-0.39, 0.29) is 27.9 Å². The Morgan fingerprint density at radius 3 is 2.53 bits per heavy atom. The highest BCUT2D eigenvalue weighted by molar-refractivity contribution is 7.93. The largest absolute Gasteiger partial charge is 0.462 e. The molecule has 8 nitrogen and oxygen atoms in total. The van der Waals surface area contributed by atoms with E-state index in [1.54, 1.807) is 47.8 Å². The highest BCUT2D eigenvalue weighted by Gasteiger charge is 2.18. The highest BCUT2D eigenvalue weighted by Crippen LogP contribution is 2.21. The first-order valence-electron chi connectivity index (χ1n) is 9.97. The molecule has 0 atom stereocenters. The predicted octanol–water partition coefficient (Wildman–Crippen LogP) is 4.08. The molecule has 0 bridgehead atoms. The minimum absolute atomic E-state index is 0.0806. The van der Waals surface area contributed by atoms with Crippen LogP contribution in [0, 0.1) is 0 Å². The van der Waals surface area contributed by atoms with Gasteiger partial charge in [-0.25, -0.2) is 18.2 Å². The van der Waals surface area contributed by atoms with Gasteiger partial charge in [0.05, 0.1) is 34.9 Å². The minimum Gasteiger partial charge on any atom is -0.462 e. The number of thiazole rings is 1. The third kappa shape index (κ3) is 6.38. The molecule has 1 heterocycles. The molecule has 0 radical (unpaired) electrons. The Labute approximate surface area is 190 Å². The molecule has 0 saturated heterocycles. The number of carbonyl (C=O) groups excluding carboxylic acids is 2. The fraction of sp³-hybridized carbons (Fsp3) is 0.227. The van der Waals surface area contributed by atoms with E-state index in [4.69, 9.17) is 4.74 Å². The molecule has 168 valence electrons. The normalized spacial score (nSPS) is 11.0. The molecule has 1 aromatic heterocycles. The van der Waals surface area contributed by atoms with Crippen molar-refractivity contribution >= 4 is 44.1 Å². The maximum absolute atomic E-state index is 12.5. The van der Waals surface area contributed by atoms with E-state index in [9.17, 15) is 18.0 Å². The second-order valence-corrected chi connectivity index (χ2v) is 9.36. The number of esters is 1. The van der Waals surface area contributed by atoms with Crippen molar-refractivity contribution in [3.05, 3.63) is 71.2 Å². The quantitative estimate of drug-likeness (QED) is 0.339. The van der Waals surface area contributed by atoms with Crippen LogP contribution in [0.2, 0.25) is 0 Å². The zero-order valence-corrected chi connectivity index (χ0v) is 19.0. The van der Waals surface area contributed by atoms with Gasteiger partial charge in [0.1, 0.15) is 0 Å². The summed E-state index contributed by atoms with van der Waals surface area (Å²) in [6, 6.07) is 14.5. The average Bonchev–Trinajstić information content (AvgIpc) is 3.20. The van der Waals surface area contributed by atoms with Crippen LogP contribution >= 0.6 is 11.3 Å². The van der Waals surface area contributed by atoms with E-state index in [0.29, 0.717) is 18.0 Å². The molecule has 10 heteroatoms. The first-order valence-corrected chi connectivity index (χ1v) is 12.3. The third-order valence-electron chi connectivity index (χ3n) is 4.32. The van der Waals surface area contributed by atoms with Gasteiger partial charge in [-0.1, -0.05) is 43.7 Å². The monoisotopic (exact) mass is 473 g/mol. The van der Waals surface area contributed by atoms with Gasteiger partial charge in [-0.15, -0.1) is 11.3 Å². The van der Waals surface area contributed by atoms with Gasteiger partial charge in [-0.2, -0.15) is 0 Å². The number of para-hydroxylation sites is 1. The fourth-order valence-corrected chi connectivity index (χ4v) is 4.71. The molecule has 1 amide bonds. The summed E-state index contributed by atoms with van der Waals surface area (Å²) >= 11 is 1.08. The lowest BCUT2D eigenvalue weighted by Gasteiger charge is -2.10. The van der Waals surface area contributed by atoms with Crippen molar-refractivity contribution in [2.45, 2.75) is 31.1 Å². The number of amides is 1. The number of aromatic nitrogens is 1. The van der Waals surface area contributed by atoms with Crippen LogP contribution in [0.5, 0.6) is 0 Å². The summed E-state index contributed by atoms with van der Waals surface area (Å²) in [5.41, 5.74) is 1.02. The Morgan fingerprint density at radius 1 is 1.06 bits per heavy atom. The average molecular weight is 474 g/mol. The minimum atomic E-state index is -3.76. The van der Waals surface area contributed by atoms with Crippen molar-refractivity contribution in [2.75, 3.05) is 16.6 Å². The number of ether oxygens (including phenoxy) is 1. The molecule has 0 unspecified atom stereocenters. The molecule has 0 aliphatic carbocycles. The number of hydrogen-bond acceptors (Lipinski definition) is 7. The van der Waals surface area contributed by atoms with Gasteiger partial charge in [-0.3, -0.25) is 9.52 Å². The smallest absolute Gasteiger partial charge is 0.340 e. The number of sulfonamides is 1. The van der Waals surface area contributed by atoms with Crippen molar-refractivity contribution in [3.8, 4) is 0 Å². The Balaban J connectivity index is 1.62. The Bertz CT molecular complexity index is 1180. The molecule has 0 spiro atoms. The van der Waals surface area contributed by atoms with Crippen LogP contribution in [-0.2, 0) is 26.0 Å². The van der Waals surface area contributed by atoms with Gasteiger partial charge in [0.25, 0.3) is 10.0 Å². The summed E-state index contributed by atoms with van der Waals surface area (Å²) in [6.45, 7) is 2.32. The number of nitrogens with one attached hydrogen (secondary N) is 2. The number of unbranched alkanes of at least 4 members (excludes halogenated alkanes) is 1. The van der Waals surface area contributed by atoms with Crippen molar-refractivity contribution in [1.29, 1.82) is 0 Å². The number of hydrogen-bond donors (Lipinski definition) is 2. The molecule has 0 saturated carbocycles. The zero-order valence-electron chi connectivity index (χ0n) is 17.4.